The molecule has 7 heteroatoms. The molecule has 0 aromatic rings. The predicted molar refractivity (Wildman–Crippen MR) is 44.2 cm³/mol. The summed E-state index contributed by atoms with van der Waals surface area (Å²) in [4.78, 5) is 27.4. The van der Waals surface area contributed by atoms with Crippen LogP contribution < -0.4 is 0 Å². The fourth-order valence-electron chi connectivity index (χ4n) is 0.176. The van der Waals surface area contributed by atoms with Gasteiger partial charge in [-0.1, -0.05) is 0 Å². The van der Waals surface area contributed by atoms with E-state index in [1.54, 1.807) is 0 Å². The average molecular weight is 199 g/mol. The average Bonchev–Trinajstić information content (AvgIpc) is 1.52. The van der Waals surface area contributed by atoms with Crippen molar-refractivity contribution in [1.29, 1.82) is 0 Å². The van der Waals surface area contributed by atoms with E-state index in [0.717, 1.165) is 0 Å². The van der Waals surface area contributed by atoms with E-state index < -0.39 is 19.7 Å². The Labute approximate surface area is 71.0 Å². The molecule has 0 saturated heterocycles. The summed E-state index contributed by atoms with van der Waals surface area (Å²) in [5.74, 6) is -1.49. The van der Waals surface area contributed by atoms with E-state index in [1.807, 2.05) is 26.0 Å². The van der Waals surface area contributed by atoms with Gasteiger partial charge in [-0.05, 0) is 21.1 Å². The monoisotopic (exact) mass is 199 g/mol. The highest BCUT2D eigenvalue weighted by Crippen LogP contribution is 2.33. The van der Waals surface area contributed by atoms with E-state index in [9.17, 15) is 9.36 Å². The molecule has 0 heterocycles. The van der Waals surface area contributed by atoms with Gasteiger partial charge in [0, 0.05) is 0 Å². The van der Waals surface area contributed by atoms with Crippen molar-refractivity contribution in [2.75, 3.05) is 27.3 Å². The molecule has 0 aromatic carbocycles. The van der Waals surface area contributed by atoms with Crippen LogP contribution in [0, 0.1) is 0 Å². The molecule has 0 aliphatic heterocycles. The minimum absolute atomic E-state index is 1.09. The Morgan fingerprint density at radius 1 is 1.33 bits per heavy atom. The summed E-state index contributed by atoms with van der Waals surface area (Å²) in [6, 6.07) is 0. The number of carboxylic acids is 1. The molecule has 0 aromatic heterocycles. The fraction of sp³-hybridized carbons (Fsp3) is 0.800. The number of hydrogen-bond acceptors (Lipinski definition) is 3. The van der Waals surface area contributed by atoms with Crippen LogP contribution in [-0.4, -0.2) is 53.1 Å². The van der Waals surface area contributed by atoms with E-state index in [2.05, 4.69) is 0 Å². The molecular weight excluding hydrogens is 185 g/mol. The van der Waals surface area contributed by atoms with Gasteiger partial charge in [0.2, 0.25) is 0 Å². The largest absolute Gasteiger partial charge is 0.481 e. The second kappa shape index (κ2) is 6.14. The maximum Gasteiger partial charge on any atom is 0.336 e. The first kappa shape index (κ1) is 14.1. The molecule has 0 amide bonds. The number of aliphatic carboxylic acids is 1. The van der Waals surface area contributed by atoms with E-state index in [0.29, 0.717) is 0 Å². The van der Waals surface area contributed by atoms with Gasteiger partial charge in [0.1, 0.15) is 6.16 Å². The van der Waals surface area contributed by atoms with Gasteiger partial charge in [-0.15, -0.1) is 0 Å². The Hall–Kier alpha value is -0.420. The van der Waals surface area contributed by atoms with Crippen molar-refractivity contribution in [3.63, 3.8) is 0 Å². The lowest BCUT2D eigenvalue weighted by Crippen LogP contribution is -2.01. The Morgan fingerprint density at radius 2 is 1.58 bits per heavy atom. The van der Waals surface area contributed by atoms with Crippen molar-refractivity contribution in [2.45, 2.75) is 0 Å². The number of rotatable bonds is 2. The van der Waals surface area contributed by atoms with Crippen LogP contribution in [0.1, 0.15) is 0 Å². The van der Waals surface area contributed by atoms with Gasteiger partial charge in [0.25, 0.3) is 0 Å². The van der Waals surface area contributed by atoms with Gasteiger partial charge < -0.3 is 19.8 Å². The number of carbonyl (C=O) groups is 1. The van der Waals surface area contributed by atoms with Crippen molar-refractivity contribution < 1.29 is 24.3 Å². The minimum Gasteiger partial charge on any atom is -0.481 e. The topological polar surface area (TPSA) is 98.1 Å². The lowest BCUT2D eigenvalue weighted by atomic mass is 10.8. The van der Waals surface area contributed by atoms with Crippen LogP contribution in [0.15, 0.2) is 0 Å². The molecule has 0 aliphatic carbocycles. The molecule has 0 bridgehead atoms. The molecule has 0 radical (unpaired) electrons. The standard InChI is InChI=1S/C3H9N.C2H5O5P/c1-4(2)3;3-2(4)1-8(5,6)7/h1-3H3;1H2,(H,3,4)(H2,5,6,7). The predicted octanol–water partition coefficient (Wildman–Crippen LogP) is -0.573. The number of hydrogen-bond donors (Lipinski definition) is 3. The van der Waals surface area contributed by atoms with Crippen LogP contribution in [0.3, 0.4) is 0 Å². The third-order valence-corrected chi connectivity index (χ3v) is 1.02. The summed E-state index contributed by atoms with van der Waals surface area (Å²) >= 11 is 0. The maximum atomic E-state index is 9.76. The van der Waals surface area contributed by atoms with Gasteiger partial charge in [0.15, 0.2) is 0 Å². The smallest absolute Gasteiger partial charge is 0.336 e. The SMILES string of the molecule is CN(C)C.O=C(O)CP(=O)(O)O. The van der Waals surface area contributed by atoms with Crippen LogP contribution in [0.4, 0.5) is 0 Å². The summed E-state index contributed by atoms with van der Waals surface area (Å²) in [6.45, 7) is 0. The third-order valence-electron chi connectivity index (χ3n) is 0.341. The van der Waals surface area contributed by atoms with E-state index in [4.69, 9.17) is 14.9 Å². The van der Waals surface area contributed by atoms with Gasteiger partial charge >= 0.3 is 13.6 Å². The summed E-state index contributed by atoms with van der Waals surface area (Å²) in [5, 5.41) is 7.76. The molecule has 6 nitrogen and oxygen atoms in total. The zero-order chi connectivity index (χ0) is 10.4. The van der Waals surface area contributed by atoms with Gasteiger partial charge in [-0.2, -0.15) is 0 Å². The first-order valence-electron chi connectivity index (χ1n) is 3.02. The zero-order valence-electron chi connectivity index (χ0n) is 7.26. The van der Waals surface area contributed by atoms with Gasteiger partial charge in [-0.25, -0.2) is 0 Å². The minimum atomic E-state index is -4.32. The van der Waals surface area contributed by atoms with Crippen LogP contribution in [-0.2, 0) is 9.36 Å². The molecule has 0 atom stereocenters. The normalized spacial score (nSPS) is 10.5. The molecule has 74 valence electrons. The van der Waals surface area contributed by atoms with Crippen molar-refractivity contribution in [1.82, 2.24) is 4.90 Å². The lowest BCUT2D eigenvalue weighted by Gasteiger charge is -1.95. The number of nitrogens with zero attached hydrogens (tertiary/aromatic N) is 1. The van der Waals surface area contributed by atoms with Crippen LogP contribution >= 0.6 is 7.60 Å². The van der Waals surface area contributed by atoms with Crippen molar-refractivity contribution in [3.05, 3.63) is 0 Å². The Balaban J connectivity index is 0. The summed E-state index contributed by atoms with van der Waals surface area (Å²) in [5.41, 5.74) is 0. The second-order valence-electron chi connectivity index (χ2n) is 2.56. The highest BCUT2D eigenvalue weighted by molar-refractivity contribution is 7.52. The first-order valence-corrected chi connectivity index (χ1v) is 4.82. The summed E-state index contributed by atoms with van der Waals surface area (Å²) in [7, 11) is 1.68. The van der Waals surface area contributed by atoms with E-state index >= 15 is 0 Å². The number of carboxylic acid groups (broad SMARTS) is 1. The van der Waals surface area contributed by atoms with E-state index in [-0.39, 0.29) is 0 Å². The van der Waals surface area contributed by atoms with Crippen LogP contribution in [0.2, 0.25) is 0 Å². The third kappa shape index (κ3) is 33.6. The fourth-order valence-corrected chi connectivity index (χ4v) is 0.529. The lowest BCUT2D eigenvalue weighted by molar-refractivity contribution is -0.134. The molecule has 0 saturated carbocycles. The molecule has 0 unspecified atom stereocenters. The Kier molecular flexibility index (Phi) is 7.22. The summed E-state index contributed by atoms with van der Waals surface area (Å²) < 4.78 is 9.76. The van der Waals surface area contributed by atoms with E-state index in [1.165, 1.54) is 0 Å². The first-order chi connectivity index (χ1) is 5.15. The molecule has 0 fully saturated rings. The maximum absolute atomic E-state index is 9.76. The van der Waals surface area contributed by atoms with Crippen molar-refractivity contribution in [2.24, 2.45) is 0 Å². The molecule has 12 heavy (non-hydrogen) atoms. The molecule has 0 spiro atoms. The van der Waals surface area contributed by atoms with Gasteiger partial charge in [0.05, 0.1) is 0 Å². The second-order valence-corrected chi connectivity index (χ2v) is 4.20. The molecule has 0 aliphatic rings. The molecule has 3 N–H and O–H groups in total. The molecular formula is C5H14NO5P. The Morgan fingerprint density at radius 3 is 1.58 bits per heavy atom. The highest BCUT2D eigenvalue weighted by atomic mass is 31.2. The Bertz CT molecular complexity index is 172. The quantitative estimate of drug-likeness (QED) is 0.515. The highest BCUT2D eigenvalue weighted by Gasteiger charge is 2.17. The van der Waals surface area contributed by atoms with Crippen molar-refractivity contribution >= 4 is 13.6 Å². The van der Waals surface area contributed by atoms with Crippen LogP contribution in [0.5, 0.6) is 0 Å². The molecule has 0 rings (SSSR count). The summed E-state index contributed by atoms with van der Waals surface area (Å²) in [6.07, 6.45) is -1.09. The van der Waals surface area contributed by atoms with Gasteiger partial charge in [-0.3, -0.25) is 9.36 Å². The zero-order valence-corrected chi connectivity index (χ0v) is 8.15. The van der Waals surface area contributed by atoms with Crippen LogP contribution in [0.25, 0.3) is 0 Å². The van der Waals surface area contributed by atoms with Crippen molar-refractivity contribution in [3.8, 4) is 0 Å².